The molecule has 0 bridgehead atoms. The molecule has 2 aliphatic heterocycles. The summed E-state index contributed by atoms with van der Waals surface area (Å²) in [5, 5.41) is 6.59. The van der Waals surface area contributed by atoms with E-state index in [4.69, 9.17) is 5.10 Å². The Hall–Kier alpha value is -2.46. The summed E-state index contributed by atoms with van der Waals surface area (Å²) in [4.78, 5) is 15.4. The van der Waals surface area contributed by atoms with Crippen molar-refractivity contribution in [3.05, 3.63) is 70.3 Å². The van der Waals surface area contributed by atoms with Crippen molar-refractivity contribution in [2.75, 3.05) is 19.6 Å². The second kappa shape index (κ2) is 7.88. The van der Waals surface area contributed by atoms with Gasteiger partial charge in [0.05, 0.1) is 18.3 Å². The van der Waals surface area contributed by atoms with E-state index >= 15 is 0 Å². The first-order chi connectivity index (χ1) is 13.5. The first-order valence-electron chi connectivity index (χ1n) is 10.3. The third-order valence-corrected chi connectivity index (χ3v) is 5.88. The van der Waals surface area contributed by atoms with Gasteiger partial charge in [0.2, 0.25) is 0 Å². The maximum absolute atomic E-state index is 13.1. The number of rotatable bonds is 4. The second-order valence-corrected chi connectivity index (χ2v) is 8.22. The fourth-order valence-corrected chi connectivity index (χ4v) is 4.29. The maximum atomic E-state index is 13.1. The number of hydrazone groups is 1. The molecule has 0 aromatic heterocycles. The lowest BCUT2D eigenvalue weighted by molar-refractivity contribution is -0.134. The van der Waals surface area contributed by atoms with Gasteiger partial charge in [-0.25, -0.2) is 5.01 Å². The zero-order valence-corrected chi connectivity index (χ0v) is 17.1. The molecule has 1 fully saturated rings. The minimum absolute atomic E-state index is 0.0218. The smallest absolute Gasteiger partial charge is 0.257 e. The number of benzene rings is 2. The fraction of sp³-hybridized carbons (Fsp3) is 0.417. The predicted molar refractivity (Wildman–Crippen MR) is 114 cm³/mol. The Morgan fingerprint density at radius 3 is 2.36 bits per heavy atom. The summed E-state index contributed by atoms with van der Waals surface area (Å²) >= 11 is 0. The van der Waals surface area contributed by atoms with Gasteiger partial charge < -0.3 is 0 Å². The van der Waals surface area contributed by atoms with Crippen LogP contribution in [0.15, 0.2) is 47.6 Å². The van der Waals surface area contributed by atoms with E-state index in [0.717, 1.165) is 36.3 Å². The minimum atomic E-state index is -0.0218. The number of carbonyl (C=O) groups excluding carboxylic acids is 1. The molecule has 1 amide bonds. The van der Waals surface area contributed by atoms with Crippen LogP contribution in [0.2, 0.25) is 0 Å². The van der Waals surface area contributed by atoms with E-state index in [0.29, 0.717) is 6.54 Å². The van der Waals surface area contributed by atoms with Crippen molar-refractivity contribution >= 4 is 11.6 Å². The molecule has 1 saturated heterocycles. The van der Waals surface area contributed by atoms with Gasteiger partial charge in [-0.1, -0.05) is 53.6 Å². The predicted octanol–water partition coefficient (Wildman–Crippen LogP) is 4.39. The zero-order valence-electron chi connectivity index (χ0n) is 17.1. The highest BCUT2D eigenvalue weighted by Crippen LogP contribution is 2.34. The van der Waals surface area contributed by atoms with E-state index in [9.17, 15) is 4.79 Å². The summed E-state index contributed by atoms with van der Waals surface area (Å²) in [5.74, 6) is 0.104. The van der Waals surface area contributed by atoms with E-state index in [1.807, 2.05) is 0 Å². The molecular weight excluding hydrogens is 346 g/mol. The highest BCUT2D eigenvalue weighted by atomic mass is 16.2. The molecular formula is C24H29N3O. The Morgan fingerprint density at radius 1 is 1.00 bits per heavy atom. The molecule has 0 aliphatic carbocycles. The average Bonchev–Trinajstić information content (AvgIpc) is 3.32. The van der Waals surface area contributed by atoms with Crippen LogP contribution in [-0.4, -0.2) is 41.2 Å². The summed E-state index contributed by atoms with van der Waals surface area (Å²) in [6.07, 6.45) is 3.14. The van der Waals surface area contributed by atoms with Crippen LogP contribution in [0.4, 0.5) is 0 Å². The lowest BCUT2D eigenvalue weighted by Gasteiger charge is -2.24. The van der Waals surface area contributed by atoms with E-state index in [1.165, 1.54) is 29.5 Å². The number of carbonyl (C=O) groups is 1. The van der Waals surface area contributed by atoms with Crippen LogP contribution in [-0.2, 0) is 4.79 Å². The molecule has 4 rings (SSSR count). The molecule has 4 heteroatoms. The monoisotopic (exact) mass is 375 g/mol. The number of hydrogen-bond donors (Lipinski definition) is 0. The third-order valence-electron chi connectivity index (χ3n) is 5.88. The molecule has 1 unspecified atom stereocenters. The van der Waals surface area contributed by atoms with Gasteiger partial charge in [0, 0.05) is 12.0 Å². The molecule has 0 radical (unpaired) electrons. The minimum Gasteiger partial charge on any atom is -0.294 e. The summed E-state index contributed by atoms with van der Waals surface area (Å²) in [6, 6.07) is 14.9. The third kappa shape index (κ3) is 3.88. The number of hydrogen-bond acceptors (Lipinski definition) is 3. The summed E-state index contributed by atoms with van der Waals surface area (Å²) < 4.78 is 0. The number of nitrogens with zero attached hydrogens (tertiary/aromatic N) is 3. The van der Waals surface area contributed by atoms with Gasteiger partial charge >= 0.3 is 0 Å². The highest BCUT2D eigenvalue weighted by molar-refractivity contribution is 6.04. The van der Waals surface area contributed by atoms with Gasteiger partial charge in [-0.15, -0.1) is 0 Å². The van der Waals surface area contributed by atoms with Gasteiger partial charge in [-0.2, -0.15) is 5.10 Å². The summed E-state index contributed by atoms with van der Waals surface area (Å²) in [6.45, 7) is 8.82. The largest absolute Gasteiger partial charge is 0.294 e. The first-order valence-corrected chi connectivity index (χ1v) is 10.3. The van der Waals surface area contributed by atoms with Crippen LogP contribution in [0.25, 0.3) is 0 Å². The Kier molecular flexibility index (Phi) is 5.31. The van der Waals surface area contributed by atoms with Crippen LogP contribution < -0.4 is 0 Å². The summed E-state index contributed by atoms with van der Waals surface area (Å²) in [7, 11) is 0. The molecule has 0 N–H and O–H groups in total. The zero-order chi connectivity index (χ0) is 19.7. The first kappa shape index (κ1) is 18.9. The maximum Gasteiger partial charge on any atom is 0.257 e. The van der Waals surface area contributed by atoms with Crippen LogP contribution in [0.5, 0.6) is 0 Å². The molecule has 28 heavy (non-hydrogen) atoms. The molecule has 4 nitrogen and oxygen atoms in total. The second-order valence-electron chi connectivity index (χ2n) is 8.22. The topological polar surface area (TPSA) is 35.9 Å². The molecule has 2 heterocycles. The van der Waals surface area contributed by atoms with Crippen molar-refractivity contribution in [2.24, 2.45) is 5.10 Å². The Labute approximate surface area is 167 Å². The van der Waals surface area contributed by atoms with Gasteiger partial charge in [0.15, 0.2) is 0 Å². The molecule has 2 aromatic carbocycles. The quantitative estimate of drug-likeness (QED) is 0.795. The van der Waals surface area contributed by atoms with E-state index < -0.39 is 0 Å². The normalized spacial score (nSPS) is 19.9. The molecule has 1 atom stereocenters. The lowest BCUT2D eigenvalue weighted by Crippen LogP contribution is -2.36. The van der Waals surface area contributed by atoms with Crippen molar-refractivity contribution in [3.8, 4) is 0 Å². The summed E-state index contributed by atoms with van der Waals surface area (Å²) in [5.41, 5.74) is 7.01. The molecule has 146 valence electrons. The molecule has 0 spiro atoms. The number of amides is 1. The van der Waals surface area contributed by atoms with Crippen molar-refractivity contribution in [1.29, 1.82) is 0 Å². The Bertz CT molecular complexity index is 895. The van der Waals surface area contributed by atoms with E-state index in [1.54, 1.807) is 5.01 Å². The lowest BCUT2D eigenvalue weighted by atomic mass is 9.95. The number of likely N-dealkylation sites (tertiary alicyclic amines) is 1. The van der Waals surface area contributed by atoms with Crippen molar-refractivity contribution in [2.45, 2.75) is 46.1 Å². The molecule has 2 aliphatic rings. The van der Waals surface area contributed by atoms with E-state index in [-0.39, 0.29) is 11.9 Å². The van der Waals surface area contributed by atoms with Gasteiger partial charge in [0.1, 0.15) is 0 Å². The van der Waals surface area contributed by atoms with Crippen LogP contribution in [0, 0.1) is 20.8 Å². The SMILES string of the molecule is Cc1ccc(C2CC(c3ccc(C)cc3C)=NN2C(=O)CN2CCCC2)cc1. The van der Waals surface area contributed by atoms with Gasteiger partial charge in [-0.3, -0.25) is 9.69 Å². The Balaban J connectivity index is 1.64. The van der Waals surface area contributed by atoms with Crippen LogP contribution in [0.1, 0.15) is 53.1 Å². The van der Waals surface area contributed by atoms with Gasteiger partial charge in [0.25, 0.3) is 5.91 Å². The van der Waals surface area contributed by atoms with Crippen molar-refractivity contribution in [3.63, 3.8) is 0 Å². The van der Waals surface area contributed by atoms with Crippen molar-refractivity contribution < 1.29 is 4.79 Å². The average molecular weight is 376 g/mol. The van der Waals surface area contributed by atoms with Crippen molar-refractivity contribution in [1.82, 2.24) is 9.91 Å². The van der Waals surface area contributed by atoms with Crippen LogP contribution >= 0.6 is 0 Å². The molecule has 2 aromatic rings. The highest BCUT2D eigenvalue weighted by Gasteiger charge is 2.34. The Morgan fingerprint density at radius 2 is 1.68 bits per heavy atom. The standard InChI is InChI=1S/C24H29N3O/c1-17-6-9-20(10-7-17)23-15-22(21-11-8-18(2)14-19(21)3)25-27(23)24(28)16-26-12-4-5-13-26/h6-11,14,23H,4-5,12-13,15-16H2,1-3H3. The molecule has 0 saturated carbocycles. The number of aryl methyl sites for hydroxylation is 3. The van der Waals surface area contributed by atoms with E-state index in [2.05, 4.69) is 68.1 Å². The van der Waals surface area contributed by atoms with Gasteiger partial charge in [-0.05, 0) is 57.8 Å². The fourth-order valence-electron chi connectivity index (χ4n) is 4.29. The van der Waals surface area contributed by atoms with Crippen LogP contribution in [0.3, 0.4) is 0 Å².